The zero-order valence-corrected chi connectivity index (χ0v) is 6.54. The molecule has 1 fully saturated rings. The third kappa shape index (κ3) is 2.16. The fourth-order valence-electron chi connectivity index (χ4n) is 1.13. The molecule has 1 saturated heterocycles. The minimum absolute atomic E-state index is 0.464. The van der Waals surface area contributed by atoms with E-state index in [2.05, 4.69) is 5.32 Å². The lowest BCUT2D eigenvalue weighted by atomic mass is 10.2. The number of hydrogen-bond acceptors (Lipinski definition) is 2. The van der Waals surface area contributed by atoms with Crippen molar-refractivity contribution < 1.29 is 4.55 Å². The van der Waals surface area contributed by atoms with Gasteiger partial charge in [0.15, 0.2) is 0 Å². The van der Waals surface area contributed by atoms with Gasteiger partial charge in [0, 0.05) is 12.8 Å². The standard InChI is InChI=1S/C6H13NOS/c1-9(8)6-2-4-7-5-3-6/h6-7H,2-5H2,1H3. The molecule has 0 aromatic carbocycles. The minimum atomic E-state index is -0.592. The quantitative estimate of drug-likeness (QED) is 0.535. The molecule has 9 heavy (non-hydrogen) atoms. The van der Waals surface area contributed by atoms with Gasteiger partial charge < -0.3 is 9.87 Å². The molecule has 1 aliphatic heterocycles. The number of piperidine rings is 1. The smallest absolute Gasteiger partial charge is 0.117 e. The summed E-state index contributed by atoms with van der Waals surface area (Å²) in [4.78, 5) is 0. The van der Waals surface area contributed by atoms with E-state index in [9.17, 15) is 4.55 Å². The molecule has 0 amide bonds. The molecule has 1 atom stereocenters. The van der Waals surface area contributed by atoms with E-state index in [1.54, 1.807) is 6.26 Å². The molecule has 1 aliphatic rings. The highest BCUT2D eigenvalue weighted by atomic mass is 32.2. The monoisotopic (exact) mass is 147 g/mol. The maximum absolute atomic E-state index is 10.9. The van der Waals surface area contributed by atoms with Crippen molar-refractivity contribution in [3.8, 4) is 0 Å². The molecule has 54 valence electrons. The Kier molecular flexibility index (Phi) is 2.82. The number of nitrogens with one attached hydrogen (secondary N) is 1. The Morgan fingerprint density at radius 3 is 2.33 bits per heavy atom. The molecule has 0 aliphatic carbocycles. The van der Waals surface area contributed by atoms with Crippen LogP contribution >= 0.6 is 0 Å². The van der Waals surface area contributed by atoms with Crippen molar-refractivity contribution in [1.29, 1.82) is 0 Å². The van der Waals surface area contributed by atoms with Crippen molar-refractivity contribution in [1.82, 2.24) is 5.32 Å². The maximum Gasteiger partial charge on any atom is 0.117 e. The summed E-state index contributed by atoms with van der Waals surface area (Å²) < 4.78 is 10.9. The third-order valence-electron chi connectivity index (χ3n) is 1.76. The first-order chi connectivity index (χ1) is 4.30. The molecular formula is C6H13NOS. The van der Waals surface area contributed by atoms with Crippen LogP contribution in [0.4, 0.5) is 0 Å². The van der Waals surface area contributed by atoms with E-state index in [4.69, 9.17) is 0 Å². The normalized spacial score (nSPS) is 26.0. The Bertz CT molecular complexity index is 81.1. The van der Waals surface area contributed by atoms with Gasteiger partial charge in [-0.1, -0.05) is 11.2 Å². The zero-order chi connectivity index (χ0) is 6.69. The van der Waals surface area contributed by atoms with Crippen LogP contribution in [-0.2, 0) is 11.2 Å². The molecule has 0 aromatic heterocycles. The van der Waals surface area contributed by atoms with E-state index in [1.807, 2.05) is 0 Å². The molecule has 0 aromatic rings. The zero-order valence-electron chi connectivity index (χ0n) is 5.72. The molecule has 0 bridgehead atoms. The SMILES string of the molecule is C[S+]([O-])C1CCNCC1. The summed E-state index contributed by atoms with van der Waals surface area (Å²) in [5.74, 6) is 0. The van der Waals surface area contributed by atoms with Gasteiger partial charge in [0.25, 0.3) is 0 Å². The van der Waals surface area contributed by atoms with E-state index >= 15 is 0 Å². The van der Waals surface area contributed by atoms with Crippen LogP contribution in [0.5, 0.6) is 0 Å². The Morgan fingerprint density at radius 2 is 2.00 bits per heavy atom. The van der Waals surface area contributed by atoms with Crippen molar-refractivity contribution in [2.45, 2.75) is 18.1 Å². The summed E-state index contributed by atoms with van der Waals surface area (Å²) in [6, 6.07) is 0. The van der Waals surface area contributed by atoms with Crippen LogP contribution in [0.3, 0.4) is 0 Å². The van der Waals surface area contributed by atoms with Crippen LogP contribution < -0.4 is 5.32 Å². The summed E-state index contributed by atoms with van der Waals surface area (Å²) in [6.07, 6.45) is 3.97. The Morgan fingerprint density at radius 1 is 1.44 bits per heavy atom. The summed E-state index contributed by atoms with van der Waals surface area (Å²) in [6.45, 7) is 2.09. The molecule has 0 spiro atoms. The van der Waals surface area contributed by atoms with Crippen LogP contribution in [-0.4, -0.2) is 29.1 Å². The second kappa shape index (κ2) is 3.44. The second-order valence-electron chi connectivity index (χ2n) is 2.45. The Labute approximate surface area is 59.2 Å². The van der Waals surface area contributed by atoms with E-state index in [-0.39, 0.29) is 0 Å². The molecule has 2 nitrogen and oxygen atoms in total. The van der Waals surface area contributed by atoms with Crippen molar-refractivity contribution >= 4 is 11.2 Å². The lowest BCUT2D eigenvalue weighted by Crippen LogP contribution is -2.35. The predicted octanol–water partition coefficient (Wildman–Crippen LogP) is 0.117. The van der Waals surface area contributed by atoms with Gasteiger partial charge >= 0.3 is 0 Å². The number of hydrogen-bond donors (Lipinski definition) is 1. The highest BCUT2D eigenvalue weighted by Gasteiger charge is 2.20. The van der Waals surface area contributed by atoms with Gasteiger partial charge in [0.1, 0.15) is 5.25 Å². The molecule has 0 radical (unpaired) electrons. The fraction of sp³-hybridized carbons (Fsp3) is 1.00. The van der Waals surface area contributed by atoms with Crippen molar-refractivity contribution in [2.24, 2.45) is 0 Å². The van der Waals surface area contributed by atoms with Gasteiger partial charge in [-0.2, -0.15) is 0 Å². The van der Waals surface area contributed by atoms with Crippen LogP contribution in [0, 0.1) is 0 Å². The van der Waals surface area contributed by atoms with E-state index in [0.29, 0.717) is 5.25 Å². The van der Waals surface area contributed by atoms with Gasteiger partial charge in [-0.05, 0) is 13.1 Å². The highest BCUT2D eigenvalue weighted by molar-refractivity contribution is 7.91. The first-order valence-corrected chi connectivity index (χ1v) is 4.96. The lowest BCUT2D eigenvalue weighted by molar-refractivity contribution is 0.499. The molecule has 3 heteroatoms. The molecule has 1 heterocycles. The topological polar surface area (TPSA) is 35.1 Å². The molecule has 1 rings (SSSR count). The van der Waals surface area contributed by atoms with Gasteiger partial charge in [-0.25, -0.2) is 0 Å². The second-order valence-corrected chi connectivity index (χ2v) is 4.11. The van der Waals surface area contributed by atoms with Crippen molar-refractivity contribution in [2.75, 3.05) is 19.3 Å². The van der Waals surface area contributed by atoms with Crippen molar-refractivity contribution in [3.05, 3.63) is 0 Å². The average molecular weight is 147 g/mol. The van der Waals surface area contributed by atoms with Gasteiger partial charge in [0.2, 0.25) is 0 Å². The van der Waals surface area contributed by atoms with Gasteiger partial charge in [-0.3, -0.25) is 0 Å². The summed E-state index contributed by atoms with van der Waals surface area (Å²) in [5, 5.41) is 3.70. The van der Waals surface area contributed by atoms with Gasteiger partial charge in [0.05, 0.1) is 6.26 Å². The van der Waals surface area contributed by atoms with E-state index in [0.717, 1.165) is 25.9 Å². The average Bonchev–Trinajstić information content (AvgIpc) is 1.90. The maximum atomic E-state index is 10.9. The molecule has 0 saturated carbocycles. The van der Waals surface area contributed by atoms with Crippen LogP contribution in [0.15, 0.2) is 0 Å². The lowest BCUT2D eigenvalue weighted by Gasteiger charge is -2.22. The highest BCUT2D eigenvalue weighted by Crippen LogP contribution is 2.10. The van der Waals surface area contributed by atoms with Crippen molar-refractivity contribution in [3.63, 3.8) is 0 Å². The van der Waals surface area contributed by atoms with Crippen LogP contribution in [0.1, 0.15) is 12.8 Å². The first-order valence-electron chi connectivity index (χ1n) is 3.33. The first kappa shape index (κ1) is 7.38. The van der Waals surface area contributed by atoms with Gasteiger partial charge in [-0.15, -0.1) is 0 Å². The number of rotatable bonds is 1. The van der Waals surface area contributed by atoms with E-state index < -0.39 is 11.2 Å². The minimum Gasteiger partial charge on any atom is -0.616 e. The molecule has 1 unspecified atom stereocenters. The summed E-state index contributed by atoms with van der Waals surface area (Å²) in [7, 11) is 0. The van der Waals surface area contributed by atoms with Crippen LogP contribution in [0.25, 0.3) is 0 Å². The fourth-order valence-corrected chi connectivity index (χ4v) is 2.03. The van der Waals surface area contributed by atoms with E-state index in [1.165, 1.54) is 0 Å². The molecular weight excluding hydrogens is 134 g/mol. The largest absolute Gasteiger partial charge is 0.616 e. The molecule has 1 N–H and O–H groups in total. The third-order valence-corrected chi connectivity index (χ3v) is 3.17. The van der Waals surface area contributed by atoms with Crippen LogP contribution in [0.2, 0.25) is 0 Å². The Hall–Kier alpha value is 0.270. The Balaban J connectivity index is 2.23. The predicted molar refractivity (Wildman–Crippen MR) is 40.0 cm³/mol. The summed E-state index contributed by atoms with van der Waals surface area (Å²) in [5.41, 5.74) is 0. The summed E-state index contributed by atoms with van der Waals surface area (Å²) >= 11 is -0.592.